The normalized spacial score (nSPS) is 13.7. The summed E-state index contributed by atoms with van der Waals surface area (Å²) in [5, 5.41) is 0. The van der Waals surface area contributed by atoms with Gasteiger partial charge in [0.05, 0.1) is 6.61 Å². The van der Waals surface area contributed by atoms with Crippen LogP contribution < -0.4 is 0 Å². The molecule has 0 aromatic rings. The minimum Gasteiger partial charge on any atom is -0.460 e. The van der Waals surface area contributed by atoms with Crippen LogP contribution in [0.5, 0.6) is 0 Å². The number of esters is 2. The maximum absolute atomic E-state index is 12.3. The molecule has 0 aromatic carbocycles. The van der Waals surface area contributed by atoms with Crippen LogP contribution in [0, 0.1) is 0 Å². The van der Waals surface area contributed by atoms with Crippen molar-refractivity contribution in [1.82, 2.24) is 0 Å². The predicted octanol–water partition coefficient (Wildman–Crippen LogP) is 4.59. The lowest BCUT2D eigenvalue weighted by Gasteiger charge is -2.31. The third-order valence-electron chi connectivity index (χ3n) is 3.31. The van der Waals surface area contributed by atoms with E-state index in [9.17, 15) is 35.9 Å². The van der Waals surface area contributed by atoms with Gasteiger partial charge in [0.25, 0.3) is 6.10 Å². The number of hydrogen-bond acceptors (Lipinski definition) is 6. The van der Waals surface area contributed by atoms with Gasteiger partial charge in [0.15, 0.2) is 16.6 Å². The Bertz CT molecular complexity index is 600. The molecule has 0 saturated carbocycles. The second kappa shape index (κ2) is 12.0. The molecule has 0 spiro atoms. The summed E-state index contributed by atoms with van der Waals surface area (Å²) < 4.78 is 93.1. The van der Waals surface area contributed by atoms with Gasteiger partial charge in [0.2, 0.25) is 0 Å². The van der Waals surface area contributed by atoms with Crippen LogP contribution in [0.3, 0.4) is 0 Å². The molecule has 0 N–H and O–H groups in total. The van der Waals surface area contributed by atoms with E-state index in [-0.39, 0.29) is 19.3 Å². The Labute approximate surface area is 179 Å². The topological polar surface area (TPSA) is 71.1 Å². The SMILES string of the molecule is C[Si](C)(C)O[Si](C)(C)CCCOCCOC(=O)C=CC(=O)OC(C(F)(F)F)C(F)(F)F. The Kier molecular flexibility index (Phi) is 11.5. The monoisotopic (exact) mass is 498 g/mol. The van der Waals surface area contributed by atoms with Crippen LogP contribution in [-0.2, 0) is 27.9 Å². The summed E-state index contributed by atoms with van der Waals surface area (Å²) in [5.74, 6) is -3.13. The van der Waals surface area contributed by atoms with Crippen molar-refractivity contribution in [3.05, 3.63) is 12.2 Å². The second-order valence-electron chi connectivity index (χ2n) is 8.09. The predicted molar refractivity (Wildman–Crippen MR) is 104 cm³/mol. The third-order valence-corrected chi connectivity index (χ3v) is 9.52. The number of alkyl halides is 6. The van der Waals surface area contributed by atoms with E-state index in [1.54, 1.807) is 0 Å². The van der Waals surface area contributed by atoms with Gasteiger partial charge in [-0.05, 0) is 45.2 Å². The average Bonchev–Trinajstić information content (AvgIpc) is 2.52. The zero-order valence-corrected chi connectivity index (χ0v) is 20.0. The van der Waals surface area contributed by atoms with Crippen molar-refractivity contribution >= 4 is 28.6 Å². The van der Waals surface area contributed by atoms with Crippen LogP contribution in [0.15, 0.2) is 12.2 Å². The van der Waals surface area contributed by atoms with E-state index < -0.39 is 47.0 Å². The quantitative estimate of drug-likeness (QED) is 0.129. The fraction of sp³-hybridized carbons (Fsp3) is 0.765. The summed E-state index contributed by atoms with van der Waals surface area (Å²) in [7, 11) is -3.40. The first-order valence-electron chi connectivity index (χ1n) is 9.30. The molecule has 0 radical (unpaired) electrons. The summed E-state index contributed by atoms with van der Waals surface area (Å²) in [6.45, 7) is 10.8. The average molecular weight is 499 g/mol. The van der Waals surface area contributed by atoms with Gasteiger partial charge in [-0.25, -0.2) is 9.59 Å². The Hall–Kier alpha value is -1.39. The molecule has 6 nitrogen and oxygen atoms in total. The number of ether oxygens (including phenoxy) is 3. The largest absolute Gasteiger partial charge is 0.460 e. The van der Waals surface area contributed by atoms with E-state index in [1.165, 1.54) is 0 Å². The van der Waals surface area contributed by atoms with Crippen LogP contribution in [0.4, 0.5) is 26.3 Å². The first-order chi connectivity index (χ1) is 13.8. The third kappa shape index (κ3) is 15.1. The standard InChI is InChI=1S/C17H28F6O6Si2/c1-30(2,3)29-31(4,5)12-6-9-26-10-11-27-13(24)7-8-14(25)28-15(16(18,19)20)17(21,22)23/h7-8,15H,6,9-12H2,1-5H3. The molecule has 0 fully saturated rings. The Balaban J connectivity index is 4.17. The van der Waals surface area contributed by atoms with E-state index in [0.717, 1.165) is 12.5 Å². The van der Waals surface area contributed by atoms with Crippen molar-refractivity contribution < 1.29 is 54.3 Å². The van der Waals surface area contributed by atoms with E-state index in [0.29, 0.717) is 12.7 Å². The van der Waals surface area contributed by atoms with Gasteiger partial charge in [-0.2, -0.15) is 26.3 Å². The summed E-state index contributed by atoms with van der Waals surface area (Å²) in [4.78, 5) is 22.5. The summed E-state index contributed by atoms with van der Waals surface area (Å²) in [6.07, 6.45) is -14.7. The number of carbonyl (C=O) groups is 2. The second-order valence-corrected chi connectivity index (χ2v) is 17.2. The fourth-order valence-electron chi connectivity index (χ4n) is 2.44. The first-order valence-corrected chi connectivity index (χ1v) is 15.8. The van der Waals surface area contributed by atoms with Crippen molar-refractivity contribution in [2.45, 2.75) is 63.7 Å². The fourth-order valence-corrected chi connectivity index (χ4v) is 10.5. The molecule has 0 atom stereocenters. The van der Waals surface area contributed by atoms with Gasteiger partial charge in [-0.1, -0.05) is 0 Å². The molecule has 0 rings (SSSR count). The van der Waals surface area contributed by atoms with Gasteiger partial charge in [0, 0.05) is 18.8 Å². The van der Waals surface area contributed by atoms with Crippen LogP contribution in [-0.4, -0.2) is 66.9 Å². The van der Waals surface area contributed by atoms with Crippen molar-refractivity contribution in [2.75, 3.05) is 19.8 Å². The number of hydrogen-bond donors (Lipinski definition) is 0. The molecule has 182 valence electrons. The van der Waals surface area contributed by atoms with Crippen molar-refractivity contribution in [3.63, 3.8) is 0 Å². The Morgan fingerprint density at radius 3 is 1.84 bits per heavy atom. The van der Waals surface area contributed by atoms with E-state index in [1.807, 2.05) is 0 Å². The first kappa shape index (κ1) is 29.6. The minimum atomic E-state index is -5.84. The number of rotatable bonds is 12. The Morgan fingerprint density at radius 2 is 1.35 bits per heavy atom. The van der Waals surface area contributed by atoms with Crippen molar-refractivity contribution in [1.29, 1.82) is 0 Å². The molecule has 0 aromatic heterocycles. The molecule has 0 aliphatic heterocycles. The number of carbonyl (C=O) groups excluding carboxylic acids is 2. The van der Waals surface area contributed by atoms with Crippen LogP contribution in [0.1, 0.15) is 6.42 Å². The smallest absolute Gasteiger partial charge is 0.434 e. The zero-order valence-electron chi connectivity index (χ0n) is 18.0. The summed E-state index contributed by atoms with van der Waals surface area (Å²) >= 11 is 0. The van der Waals surface area contributed by atoms with E-state index >= 15 is 0 Å². The van der Waals surface area contributed by atoms with Gasteiger partial charge >= 0.3 is 24.3 Å². The van der Waals surface area contributed by atoms with Crippen LogP contribution in [0.2, 0.25) is 38.8 Å². The van der Waals surface area contributed by atoms with Crippen LogP contribution in [0.25, 0.3) is 0 Å². The lowest BCUT2D eigenvalue weighted by Crippen LogP contribution is -2.45. The molecule has 0 saturated heterocycles. The van der Waals surface area contributed by atoms with E-state index in [2.05, 4.69) is 42.2 Å². The van der Waals surface area contributed by atoms with Gasteiger partial charge < -0.3 is 18.3 Å². The highest BCUT2D eigenvalue weighted by Gasteiger charge is 2.59. The molecule has 31 heavy (non-hydrogen) atoms. The van der Waals surface area contributed by atoms with Crippen molar-refractivity contribution in [3.8, 4) is 0 Å². The molecular weight excluding hydrogens is 470 g/mol. The molecule has 0 unspecified atom stereocenters. The molecule has 0 aliphatic carbocycles. The maximum atomic E-state index is 12.3. The summed E-state index contributed by atoms with van der Waals surface area (Å²) in [6, 6.07) is 0.888. The number of halogens is 6. The lowest BCUT2D eigenvalue weighted by atomic mass is 10.3. The van der Waals surface area contributed by atoms with E-state index in [4.69, 9.17) is 8.85 Å². The summed E-state index contributed by atoms with van der Waals surface area (Å²) in [5.41, 5.74) is 0. The molecule has 14 heteroatoms. The Morgan fingerprint density at radius 1 is 0.839 bits per heavy atom. The molecule has 0 amide bonds. The van der Waals surface area contributed by atoms with Gasteiger partial charge in [0.1, 0.15) is 6.61 Å². The van der Waals surface area contributed by atoms with Crippen LogP contribution >= 0.6 is 0 Å². The molecule has 0 heterocycles. The maximum Gasteiger partial charge on any atom is 0.434 e. The lowest BCUT2D eigenvalue weighted by molar-refractivity contribution is -0.312. The highest BCUT2D eigenvalue weighted by atomic mass is 28.4. The highest BCUT2D eigenvalue weighted by molar-refractivity contribution is 6.84. The zero-order chi connectivity index (χ0) is 24.5. The highest BCUT2D eigenvalue weighted by Crippen LogP contribution is 2.35. The molecule has 0 aliphatic rings. The minimum absolute atomic E-state index is 0.0328. The van der Waals surface area contributed by atoms with Gasteiger partial charge in [-0.3, -0.25) is 0 Å². The molecule has 0 bridgehead atoms. The molecular formula is C17H28F6O6Si2. The van der Waals surface area contributed by atoms with Gasteiger partial charge in [-0.15, -0.1) is 0 Å². The van der Waals surface area contributed by atoms with Crippen molar-refractivity contribution in [2.24, 2.45) is 0 Å².